The predicted octanol–water partition coefficient (Wildman–Crippen LogP) is 2.75. The van der Waals surface area contributed by atoms with E-state index in [-0.39, 0.29) is 5.91 Å². The SMILES string of the molecule is Cc1nc(C)c(C(=O)NC(C#N)c2ccccc2)s1. The third-order valence-corrected chi connectivity index (χ3v) is 3.72. The molecule has 2 aromatic rings. The third-order valence-electron chi connectivity index (χ3n) is 2.65. The van der Waals surface area contributed by atoms with Crippen LogP contribution in [0.4, 0.5) is 0 Å². The normalized spacial score (nSPS) is 11.6. The lowest BCUT2D eigenvalue weighted by atomic mass is 10.1. The van der Waals surface area contributed by atoms with Crippen molar-refractivity contribution in [2.24, 2.45) is 0 Å². The van der Waals surface area contributed by atoms with Gasteiger partial charge in [-0.3, -0.25) is 4.79 Å². The van der Waals surface area contributed by atoms with E-state index in [0.717, 1.165) is 10.6 Å². The average Bonchev–Trinajstić information content (AvgIpc) is 2.76. The fourth-order valence-corrected chi connectivity index (χ4v) is 2.60. The van der Waals surface area contributed by atoms with Gasteiger partial charge in [0.25, 0.3) is 5.91 Å². The maximum Gasteiger partial charge on any atom is 0.264 e. The minimum atomic E-state index is -0.643. The Kier molecular flexibility index (Phi) is 3.93. The van der Waals surface area contributed by atoms with E-state index in [1.165, 1.54) is 11.3 Å². The van der Waals surface area contributed by atoms with E-state index >= 15 is 0 Å². The number of hydrogen-bond acceptors (Lipinski definition) is 4. The summed E-state index contributed by atoms with van der Waals surface area (Å²) in [7, 11) is 0. The van der Waals surface area contributed by atoms with Crippen LogP contribution in [0.3, 0.4) is 0 Å². The second-order valence-electron chi connectivity index (χ2n) is 4.09. The number of aryl methyl sites for hydroxylation is 2. The van der Waals surface area contributed by atoms with Crippen LogP contribution in [0.25, 0.3) is 0 Å². The molecular weight excluding hydrogens is 258 g/mol. The second-order valence-corrected chi connectivity index (χ2v) is 5.30. The number of benzene rings is 1. The zero-order valence-corrected chi connectivity index (χ0v) is 11.5. The highest BCUT2D eigenvalue weighted by molar-refractivity contribution is 7.13. The summed E-state index contributed by atoms with van der Waals surface area (Å²) in [6, 6.07) is 10.6. The van der Waals surface area contributed by atoms with E-state index in [1.54, 1.807) is 6.92 Å². The summed E-state index contributed by atoms with van der Waals surface area (Å²) in [5, 5.41) is 12.7. The molecular formula is C14H13N3OS. The summed E-state index contributed by atoms with van der Waals surface area (Å²) in [6.45, 7) is 3.65. The summed E-state index contributed by atoms with van der Waals surface area (Å²) in [5.74, 6) is -0.251. The van der Waals surface area contributed by atoms with Gasteiger partial charge in [-0.2, -0.15) is 5.26 Å². The number of nitrogens with zero attached hydrogens (tertiary/aromatic N) is 2. The predicted molar refractivity (Wildman–Crippen MR) is 73.9 cm³/mol. The Morgan fingerprint density at radius 3 is 2.58 bits per heavy atom. The maximum atomic E-state index is 12.1. The molecule has 1 amide bonds. The van der Waals surface area contributed by atoms with Crippen molar-refractivity contribution in [2.45, 2.75) is 19.9 Å². The molecule has 1 atom stereocenters. The molecule has 0 aliphatic rings. The molecule has 0 aliphatic carbocycles. The Hall–Kier alpha value is -2.19. The number of amides is 1. The second kappa shape index (κ2) is 5.63. The molecule has 0 radical (unpaired) electrons. The standard InChI is InChI=1S/C14H13N3OS/c1-9-13(19-10(2)16-9)14(18)17-12(8-15)11-6-4-3-5-7-11/h3-7,12H,1-2H3,(H,17,18). The lowest BCUT2D eigenvalue weighted by Crippen LogP contribution is -2.27. The van der Waals surface area contributed by atoms with Crippen LogP contribution in [0.2, 0.25) is 0 Å². The van der Waals surface area contributed by atoms with Gasteiger partial charge in [-0.15, -0.1) is 11.3 Å². The largest absolute Gasteiger partial charge is 0.332 e. The van der Waals surface area contributed by atoms with Crippen molar-refractivity contribution >= 4 is 17.2 Å². The van der Waals surface area contributed by atoms with Crippen molar-refractivity contribution in [1.82, 2.24) is 10.3 Å². The zero-order chi connectivity index (χ0) is 13.8. The van der Waals surface area contributed by atoms with Crippen LogP contribution in [0.5, 0.6) is 0 Å². The number of nitriles is 1. The lowest BCUT2D eigenvalue weighted by molar-refractivity contribution is 0.0948. The summed E-state index contributed by atoms with van der Waals surface area (Å²) < 4.78 is 0. The van der Waals surface area contributed by atoms with Crippen LogP contribution in [0.1, 0.15) is 32.0 Å². The van der Waals surface area contributed by atoms with E-state index in [0.29, 0.717) is 10.6 Å². The minimum Gasteiger partial charge on any atom is -0.332 e. The van der Waals surface area contributed by atoms with Gasteiger partial charge in [0.2, 0.25) is 0 Å². The molecule has 1 heterocycles. The van der Waals surface area contributed by atoms with Crippen LogP contribution < -0.4 is 5.32 Å². The van der Waals surface area contributed by atoms with Crippen molar-refractivity contribution < 1.29 is 4.79 Å². The Morgan fingerprint density at radius 1 is 1.37 bits per heavy atom. The van der Waals surface area contributed by atoms with Crippen molar-refractivity contribution in [2.75, 3.05) is 0 Å². The lowest BCUT2D eigenvalue weighted by Gasteiger charge is -2.11. The van der Waals surface area contributed by atoms with E-state index in [4.69, 9.17) is 0 Å². The van der Waals surface area contributed by atoms with Gasteiger partial charge in [0.15, 0.2) is 0 Å². The smallest absolute Gasteiger partial charge is 0.264 e. The number of carbonyl (C=O) groups excluding carboxylic acids is 1. The minimum absolute atomic E-state index is 0.251. The van der Waals surface area contributed by atoms with Gasteiger partial charge in [0.05, 0.1) is 16.8 Å². The molecule has 0 spiro atoms. The molecule has 0 fully saturated rings. The molecule has 19 heavy (non-hydrogen) atoms. The Labute approximate surface area is 115 Å². The first-order valence-electron chi connectivity index (χ1n) is 5.81. The molecule has 1 aromatic heterocycles. The number of hydrogen-bond donors (Lipinski definition) is 1. The number of thiazole rings is 1. The molecule has 0 saturated heterocycles. The van der Waals surface area contributed by atoms with Crippen LogP contribution >= 0.6 is 11.3 Å². The monoisotopic (exact) mass is 271 g/mol. The third kappa shape index (κ3) is 2.98. The molecule has 1 aromatic carbocycles. The molecule has 5 heteroatoms. The zero-order valence-electron chi connectivity index (χ0n) is 10.7. The molecule has 96 valence electrons. The quantitative estimate of drug-likeness (QED) is 0.933. The van der Waals surface area contributed by atoms with Gasteiger partial charge in [-0.05, 0) is 19.4 Å². The van der Waals surface area contributed by atoms with Gasteiger partial charge in [-0.1, -0.05) is 30.3 Å². The first-order valence-corrected chi connectivity index (χ1v) is 6.63. The van der Waals surface area contributed by atoms with Crippen molar-refractivity contribution in [3.8, 4) is 6.07 Å². The highest BCUT2D eigenvalue weighted by atomic mass is 32.1. The van der Waals surface area contributed by atoms with Gasteiger partial charge < -0.3 is 5.32 Å². The van der Waals surface area contributed by atoms with Crippen molar-refractivity contribution in [1.29, 1.82) is 5.26 Å². The summed E-state index contributed by atoms with van der Waals surface area (Å²) >= 11 is 1.34. The average molecular weight is 271 g/mol. The fraction of sp³-hybridized carbons (Fsp3) is 0.214. The highest BCUT2D eigenvalue weighted by Gasteiger charge is 2.18. The summed E-state index contributed by atoms with van der Waals surface area (Å²) in [5.41, 5.74) is 1.47. The molecule has 1 unspecified atom stereocenters. The fourth-order valence-electron chi connectivity index (χ4n) is 1.77. The van der Waals surface area contributed by atoms with Crippen molar-refractivity contribution in [3.05, 3.63) is 51.5 Å². The molecule has 1 N–H and O–H groups in total. The Balaban J connectivity index is 2.18. The summed E-state index contributed by atoms with van der Waals surface area (Å²) in [4.78, 5) is 16.9. The number of rotatable bonds is 3. The van der Waals surface area contributed by atoms with E-state index in [2.05, 4.69) is 16.4 Å². The molecule has 0 saturated carbocycles. The topological polar surface area (TPSA) is 65.8 Å². The van der Waals surface area contributed by atoms with Gasteiger partial charge >= 0.3 is 0 Å². The number of carbonyl (C=O) groups is 1. The summed E-state index contributed by atoms with van der Waals surface area (Å²) in [6.07, 6.45) is 0. The number of aromatic nitrogens is 1. The molecule has 4 nitrogen and oxygen atoms in total. The van der Waals surface area contributed by atoms with Gasteiger partial charge in [0, 0.05) is 0 Å². The first-order chi connectivity index (χ1) is 9.11. The van der Waals surface area contributed by atoms with Crippen LogP contribution in [-0.4, -0.2) is 10.9 Å². The van der Waals surface area contributed by atoms with Gasteiger partial charge in [-0.25, -0.2) is 4.98 Å². The van der Waals surface area contributed by atoms with Crippen LogP contribution in [-0.2, 0) is 0 Å². The Morgan fingerprint density at radius 2 is 2.05 bits per heavy atom. The van der Waals surface area contributed by atoms with E-state index in [1.807, 2.05) is 37.3 Å². The van der Waals surface area contributed by atoms with E-state index in [9.17, 15) is 10.1 Å². The first kappa shape index (κ1) is 13.2. The Bertz CT molecular complexity index is 628. The number of nitrogens with one attached hydrogen (secondary N) is 1. The van der Waals surface area contributed by atoms with Gasteiger partial charge in [0.1, 0.15) is 10.9 Å². The molecule has 0 aliphatic heterocycles. The van der Waals surface area contributed by atoms with E-state index < -0.39 is 6.04 Å². The van der Waals surface area contributed by atoms with Crippen LogP contribution in [0.15, 0.2) is 30.3 Å². The maximum absolute atomic E-state index is 12.1. The molecule has 2 rings (SSSR count). The van der Waals surface area contributed by atoms with Crippen LogP contribution in [0, 0.1) is 25.2 Å². The van der Waals surface area contributed by atoms with Crippen molar-refractivity contribution in [3.63, 3.8) is 0 Å². The highest BCUT2D eigenvalue weighted by Crippen LogP contribution is 2.19. The molecule has 0 bridgehead atoms.